The fourth-order valence-electron chi connectivity index (χ4n) is 11.9. The molecule has 87 heavy (non-hydrogen) atoms. The van der Waals surface area contributed by atoms with Gasteiger partial charge in [0.25, 0.3) is 6.71 Å². The molecule has 0 unspecified atom stereocenters. The number of aromatic nitrogens is 2. The molecule has 7 heteroatoms. The van der Waals surface area contributed by atoms with Crippen LogP contribution >= 0.6 is 11.3 Å². The molecule has 3 aromatic heterocycles. The lowest BCUT2D eigenvalue weighted by Crippen LogP contribution is -2.61. The molecule has 0 amide bonds. The van der Waals surface area contributed by atoms with Gasteiger partial charge < -0.3 is 23.8 Å². The smallest absolute Gasteiger partial charge is 0.252 e. The predicted molar refractivity (Wildman–Crippen MR) is 373 cm³/mol. The van der Waals surface area contributed by atoms with Crippen molar-refractivity contribution in [2.45, 2.75) is 52.4 Å². The van der Waals surface area contributed by atoms with Gasteiger partial charge in [-0.05, 0) is 164 Å². The minimum Gasteiger partial charge on any atom is -0.311 e. The SMILES string of the molecule is [2H]c1c([2H])c([2H])c(N(c2c([2H])c([2H])c([2H])c([2H])c2[2H])c2c([2H])c3c4c(c2[2H])N2c5c(c([2H])c([2H])c([2H])c5-n5c6c([2H])c([2H])c([2H])c([2H])c6c6c([2H])c([2H])c([2H])c2c65)B4c2c([2H])c([2H])c(-n4c5c([2H])c([2H])c(C(C)(C)C)c([2H])c5c5c([2H])c(C(C)(C)C)c([2H])c([2H])c54)c([2H])c2N3c2c([2H])c([2H])c(-c3c([2H])c([2H])c([2H])c4sc5c([2H])c([2H])c([2H])c([2H])c5c34)c([2H])c2[2H])c([2H])c1[2H]. The Morgan fingerprint density at radius 3 is 1.67 bits per heavy atom. The van der Waals surface area contributed by atoms with E-state index in [4.69, 9.17) is 9.60 Å². The number of nitrogens with zero attached hydrogens (tertiary/aromatic N) is 5. The second-order valence-electron chi connectivity index (χ2n) is 22.8. The summed E-state index contributed by atoms with van der Waals surface area (Å²) in [5, 5.41) is -2.86. The monoisotopic (exact) mass is 1180 g/mol. The number of rotatable bonds is 6. The van der Waals surface area contributed by atoms with Crippen LogP contribution in [-0.2, 0) is 10.8 Å². The molecule has 0 radical (unpaired) electrons. The van der Waals surface area contributed by atoms with Crippen LogP contribution in [0.25, 0.3) is 86.3 Å². The number of anilines is 9. The van der Waals surface area contributed by atoms with E-state index >= 15 is 0 Å². The first-order valence-corrected chi connectivity index (χ1v) is 27.9. The Morgan fingerprint density at radius 2 is 0.966 bits per heavy atom. The van der Waals surface area contributed by atoms with Gasteiger partial charge in [-0.2, -0.15) is 0 Å². The highest BCUT2D eigenvalue weighted by Gasteiger charge is 2.47. The van der Waals surface area contributed by atoms with Crippen molar-refractivity contribution in [3.05, 3.63) is 265 Å². The second-order valence-corrected chi connectivity index (χ2v) is 23.9. The topological polar surface area (TPSA) is 19.6 Å². The van der Waals surface area contributed by atoms with Crippen molar-refractivity contribution < 1.29 is 57.6 Å². The van der Waals surface area contributed by atoms with E-state index in [1.54, 1.807) is 41.5 Å². The Bertz CT molecular complexity index is 7770. The molecule has 15 aromatic rings. The summed E-state index contributed by atoms with van der Waals surface area (Å²) in [6.45, 7) is 7.21. The third-order valence-corrected chi connectivity index (χ3v) is 16.8. The van der Waals surface area contributed by atoms with Crippen LogP contribution in [0.2, 0.25) is 0 Å². The first kappa shape index (κ1) is 24.0. The lowest BCUT2D eigenvalue weighted by Gasteiger charge is -2.46. The van der Waals surface area contributed by atoms with Crippen molar-refractivity contribution in [2.24, 2.45) is 0 Å². The van der Waals surface area contributed by atoms with Crippen LogP contribution in [0.5, 0.6) is 0 Å². The molecule has 5 nitrogen and oxygen atoms in total. The number of benzene rings is 12. The average Bonchev–Trinajstić information content (AvgIpc) is 1.17. The molecule has 6 heterocycles. The van der Waals surface area contributed by atoms with Crippen molar-refractivity contribution in [1.82, 2.24) is 9.13 Å². The summed E-state index contributed by atoms with van der Waals surface area (Å²) in [5.74, 6) is 0. The van der Waals surface area contributed by atoms with Crippen molar-refractivity contribution >= 4 is 149 Å². The number of hydrogen-bond donors (Lipinski definition) is 0. The molecule has 0 aliphatic carbocycles. The van der Waals surface area contributed by atoms with Gasteiger partial charge in [-0.1, -0.05) is 181 Å². The minimum atomic E-state index is -2.46. The van der Waals surface area contributed by atoms with Gasteiger partial charge in [-0.15, -0.1) is 11.3 Å². The Hall–Kier alpha value is -10.1. The quantitative estimate of drug-likeness (QED) is 0.155. The summed E-state index contributed by atoms with van der Waals surface area (Å²) in [4.78, 5) is 1.67. The predicted octanol–water partition coefficient (Wildman–Crippen LogP) is 20.4. The maximum absolute atomic E-state index is 11.5. The van der Waals surface area contributed by atoms with Gasteiger partial charge >= 0.3 is 0 Å². The molecular formula is C80H60BN5S. The Morgan fingerprint density at radius 1 is 0.391 bits per heavy atom. The van der Waals surface area contributed by atoms with Gasteiger partial charge in [0.1, 0.15) is 0 Å². The van der Waals surface area contributed by atoms with E-state index in [1.165, 1.54) is 0 Å². The first-order valence-electron chi connectivity index (χ1n) is 48.1. The van der Waals surface area contributed by atoms with E-state index in [0.717, 1.165) is 14.0 Å². The zero-order valence-electron chi connectivity index (χ0n) is 88.2. The van der Waals surface area contributed by atoms with E-state index in [9.17, 15) is 48.0 Å². The van der Waals surface area contributed by atoms with Crippen LogP contribution in [0.15, 0.2) is 254 Å². The molecule has 0 spiro atoms. The number of para-hydroxylation sites is 5. The van der Waals surface area contributed by atoms with E-state index in [-0.39, 0.29) is 20.5 Å². The third-order valence-electron chi connectivity index (χ3n) is 15.7. The normalized spacial score (nSPS) is 20.1. The van der Waals surface area contributed by atoms with E-state index < -0.39 is 416 Å². The van der Waals surface area contributed by atoms with E-state index in [0.29, 0.717) is 21.1 Å². The number of thiophene rings is 1. The van der Waals surface area contributed by atoms with Gasteiger partial charge in [-0.25, -0.2) is 0 Å². The molecule has 0 bridgehead atoms. The lowest BCUT2D eigenvalue weighted by molar-refractivity contribution is 0.590. The van der Waals surface area contributed by atoms with Gasteiger partial charge in [0.2, 0.25) is 0 Å². The third kappa shape index (κ3) is 7.27. The van der Waals surface area contributed by atoms with Gasteiger partial charge in [0, 0.05) is 81.5 Å². The Kier molecular flexibility index (Phi) is 5.03. The largest absolute Gasteiger partial charge is 0.311 e. The zero-order chi connectivity index (χ0) is 94.7. The fourth-order valence-corrected chi connectivity index (χ4v) is 12.9. The summed E-state index contributed by atoms with van der Waals surface area (Å²) in [6, 6.07) is -44.6. The van der Waals surface area contributed by atoms with Crippen LogP contribution in [-0.4, -0.2) is 15.8 Å². The molecule has 0 N–H and O–H groups in total. The van der Waals surface area contributed by atoms with Crippen molar-refractivity contribution in [2.75, 3.05) is 14.7 Å². The van der Waals surface area contributed by atoms with Crippen LogP contribution < -0.4 is 31.1 Å². The molecule has 0 atom stereocenters. The first-order chi connectivity index (χ1) is 60.0. The minimum absolute atomic E-state index is 0.119. The lowest BCUT2D eigenvalue weighted by atomic mass is 9.33. The van der Waals surface area contributed by atoms with Crippen LogP contribution in [0.1, 0.15) is 110 Å². The van der Waals surface area contributed by atoms with Crippen molar-refractivity contribution in [1.29, 1.82) is 0 Å². The average molecular weight is 1180 g/mol. The molecule has 414 valence electrons. The Balaban J connectivity index is 1.15. The van der Waals surface area contributed by atoms with Crippen molar-refractivity contribution in [3.63, 3.8) is 0 Å². The van der Waals surface area contributed by atoms with E-state index in [2.05, 4.69) is 0 Å². The second kappa shape index (κ2) is 18.2. The van der Waals surface area contributed by atoms with Crippen LogP contribution in [0, 0.1) is 0 Å². The molecule has 18 rings (SSSR count). The Labute approximate surface area is 569 Å². The molecule has 0 saturated carbocycles. The molecule has 3 aliphatic heterocycles. The standard InChI is InChI=1S/C80H60BN5S/c1-79(2,3)50-36-42-66-61(44-50)62-45-51(80(4,5)6)37-43-67(62)84(66)55-40-41-63-70(46-55)83(54-38-34-49(35-39-54)57-26-18-33-74-75(57)60-25-14-16-32-73(60)87-74)71-47-56(82(52-20-9-7-10-21-52)53-22-11-8-12-23-53)48-72-76(71)81(63)64-28-19-31-69-78(64)86(72)68-30-17-27-59-58-24-13-15-29-65(58)85(69)77(59)68/h7-48H,1-6H3/i7D,8D,9D,10D,11D,12D,13D,14D,15D,16D,17D,18D,19D,20D,21D,22D,23D,24D,25D,26D,27D,28D,29D,30D,31D,32D,33D,34D,35D,36D,37D,38D,39D,40D,41D,42D,43D,44D,45D,46D,47D,48D. The molecule has 0 saturated heterocycles. The van der Waals surface area contributed by atoms with Crippen molar-refractivity contribution in [3.8, 4) is 22.5 Å². The van der Waals surface area contributed by atoms with Crippen LogP contribution in [0.3, 0.4) is 0 Å². The highest BCUT2D eigenvalue weighted by atomic mass is 32.1. The summed E-state index contributed by atoms with van der Waals surface area (Å²) in [7, 11) is 0. The fraction of sp³-hybridized carbons (Fsp3) is 0.100. The van der Waals surface area contributed by atoms with Gasteiger partial charge in [0.05, 0.1) is 102 Å². The molecular weight excluding hydrogens is 1070 g/mol. The summed E-state index contributed by atoms with van der Waals surface area (Å²) >= 11 is 0.554. The highest BCUT2D eigenvalue weighted by molar-refractivity contribution is 7.26. The zero-order valence-corrected chi connectivity index (χ0v) is 47.0. The van der Waals surface area contributed by atoms with E-state index in [1.807, 2.05) is 0 Å². The molecule has 12 aromatic carbocycles. The molecule has 0 fully saturated rings. The summed E-state index contributed by atoms with van der Waals surface area (Å²) < 4.78 is 417. The number of fused-ring (bicyclic) bond motifs is 15. The van der Waals surface area contributed by atoms with Gasteiger partial charge in [-0.3, -0.25) is 0 Å². The summed E-state index contributed by atoms with van der Waals surface area (Å²) in [5.41, 5.74) is -21.3. The van der Waals surface area contributed by atoms with Crippen LogP contribution in [0.4, 0.5) is 51.2 Å². The number of hydrogen-bond acceptors (Lipinski definition) is 4. The van der Waals surface area contributed by atoms with Gasteiger partial charge in [0.15, 0.2) is 0 Å². The highest BCUT2D eigenvalue weighted by Crippen LogP contribution is 2.54. The maximum Gasteiger partial charge on any atom is 0.252 e. The summed E-state index contributed by atoms with van der Waals surface area (Å²) in [6.07, 6.45) is 0. The molecule has 3 aliphatic rings. The maximum atomic E-state index is 11.5.